The minimum Gasteiger partial charge on any atom is -0.497 e. The summed E-state index contributed by atoms with van der Waals surface area (Å²) < 4.78 is 29.4. The number of hydrogen-bond donors (Lipinski definition) is 1. The number of fused-ring (bicyclic) bond motifs is 1. The van der Waals surface area contributed by atoms with Gasteiger partial charge in [0.05, 0.1) is 12.0 Å². The molecule has 0 fully saturated rings. The summed E-state index contributed by atoms with van der Waals surface area (Å²) in [6.07, 6.45) is 5.36. The van der Waals surface area contributed by atoms with Gasteiger partial charge < -0.3 is 9.64 Å². The first-order chi connectivity index (χ1) is 17.7. The molecule has 192 valence electrons. The highest BCUT2D eigenvalue weighted by atomic mass is 32.2. The van der Waals surface area contributed by atoms with Gasteiger partial charge in [0.1, 0.15) is 5.75 Å². The summed E-state index contributed by atoms with van der Waals surface area (Å²) in [4.78, 5) is 14.9. The molecule has 0 saturated heterocycles. The molecule has 1 heterocycles. The number of likely N-dealkylation sites (N-methyl/N-ethyl adjacent to an activating group) is 1. The smallest absolute Gasteiger partial charge is 0.271 e. The van der Waals surface area contributed by atoms with E-state index >= 15 is 0 Å². The van der Waals surface area contributed by atoms with E-state index in [0.717, 1.165) is 34.8 Å². The van der Waals surface area contributed by atoms with Gasteiger partial charge in [-0.05, 0) is 79.9 Å². The summed E-state index contributed by atoms with van der Waals surface area (Å²) in [6, 6.07) is 22.0. The van der Waals surface area contributed by atoms with Gasteiger partial charge in [-0.3, -0.25) is 4.79 Å². The van der Waals surface area contributed by atoms with Crippen LogP contribution in [-0.2, 0) is 21.7 Å². The zero-order valence-corrected chi connectivity index (χ0v) is 22.2. The van der Waals surface area contributed by atoms with E-state index in [9.17, 15) is 13.2 Å². The second-order valence-electron chi connectivity index (χ2n) is 9.19. The average Bonchev–Trinajstić information content (AvgIpc) is 3.13. The number of hydrazone groups is 1. The molecule has 3 aromatic carbocycles. The Bertz CT molecular complexity index is 1450. The second kappa shape index (κ2) is 10.6. The van der Waals surface area contributed by atoms with Gasteiger partial charge in [-0.15, -0.1) is 0 Å². The Morgan fingerprint density at radius 1 is 1.08 bits per heavy atom. The van der Waals surface area contributed by atoms with Crippen molar-refractivity contribution in [1.82, 2.24) is 5.43 Å². The lowest BCUT2D eigenvalue weighted by atomic mass is 9.76. The van der Waals surface area contributed by atoms with Crippen LogP contribution in [0.15, 0.2) is 94.6 Å². The number of carbonyl (C=O) groups excluding carboxylic acids is 1. The molecule has 1 unspecified atom stereocenters. The van der Waals surface area contributed by atoms with Crippen LogP contribution < -0.4 is 15.1 Å². The van der Waals surface area contributed by atoms with E-state index in [1.807, 2.05) is 30.3 Å². The SMILES string of the molecule is CCN1/C(=C\C=N\NC(=O)c2ccccc2)C(C)(Cc2ccc(S(C)(=O)=O)cc2)c2cc(OC)ccc21. The van der Waals surface area contributed by atoms with Crippen LogP contribution in [0.2, 0.25) is 0 Å². The Labute approximate surface area is 218 Å². The lowest BCUT2D eigenvalue weighted by Crippen LogP contribution is -2.31. The molecule has 37 heavy (non-hydrogen) atoms. The molecule has 1 aliphatic heterocycles. The van der Waals surface area contributed by atoms with E-state index in [-0.39, 0.29) is 5.91 Å². The van der Waals surface area contributed by atoms with Gasteiger partial charge in [0.25, 0.3) is 5.91 Å². The maximum atomic E-state index is 12.4. The molecule has 1 aliphatic rings. The Balaban J connectivity index is 1.70. The van der Waals surface area contributed by atoms with E-state index < -0.39 is 15.3 Å². The van der Waals surface area contributed by atoms with E-state index in [0.29, 0.717) is 16.9 Å². The maximum Gasteiger partial charge on any atom is 0.271 e. The molecule has 0 aliphatic carbocycles. The Morgan fingerprint density at radius 3 is 2.41 bits per heavy atom. The van der Waals surface area contributed by atoms with Crippen LogP contribution in [0.1, 0.15) is 35.3 Å². The number of anilines is 1. The number of allylic oxidation sites excluding steroid dienone is 2. The second-order valence-corrected chi connectivity index (χ2v) is 11.2. The van der Waals surface area contributed by atoms with Crippen molar-refractivity contribution in [3.8, 4) is 5.75 Å². The molecule has 0 aromatic heterocycles. The van der Waals surface area contributed by atoms with E-state index in [4.69, 9.17) is 4.74 Å². The zero-order valence-electron chi connectivity index (χ0n) is 21.4. The zero-order chi connectivity index (χ0) is 26.6. The van der Waals surface area contributed by atoms with Crippen molar-refractivity contribution in [3.63, 3.8) is 0 Å². The molecule has 3 aromatic rings. The molecule has 8 heteroatoms. The van der Waals surface area contributed by atoms with Crippen LogP contribution in [0.5, 0.6) is 5.75 Å². The standard InChI is InChI=1S/C29H31N3O4S/c1-5-32-26-16-13-23(36-3)19-25(26)29(2,20-21-11-14-24(15-12-21)37(4,34)35)27(32)17-18-30-31-28(33)22-9-7-6-8-10-22/h6-19H,5,20H2,1-4H3,(H,31,33)/b27-17-,30-18+. The molecule has 7 nitrogen and oxygen atoms in total. The van der Waals surface area contributed by atoms with Gasteiger partial charge in [0, 0.05) is 41.4 Å². The molecule has 4 rings (SSSR count). The fraction of sp³-hybridized carbons (Fsp3) is 0.241. The van der Waals surface area contributed by atoms with E-state index in [1.165, 1.54) is 6.26 Å². The summed E-state index contributed by atoms with van der Waals surface area (Å²) in [5, 5.41) is 4.17. The van der Waals surface area contributed by atoms with Crippen LogP contribution in [0.25, 0.3) is 0 Å². The minimum atomic E-state index is -3.27. The van der Waals surface area contributed by atoms with Crippen molar-refractivity contribution in [2.75, 3.05) is 24.8 Å². The largest absolute Gasteiger partial charge is 0.497 e. The number of rotatable bonds is 8. The number of ether oxygens (including phenoxy) is 1. The molecular weight excluding hydrogens is 486 g/mol. The predicted molar refractivity (Wildman–Crippen MR) is 147 cm³/mol. The molecule has 0 bridgehead atoms. The summed E-state index contributed by atoms with van der Waals surface area (Å²) in [7, 11) is -1.63. The average molecular weight is 518 g/mol. The number of sulfone groups is 1. The maximum absolute atomic E-state index is 12.4. The van der Waals surface area contributed by atoms with Crippen molar-refractivity contribution in [2.45, 2.75) is 30.6 Å². The number of carbonyl (C=O) groups is 1. The number of methoxy groups -OCH3 is 1. The minimum absolute atomic E-state index is 0.282. The first-order valence-corrected chi connectivity index (χ1v) is 13.9. The van der Waals surface area contributed by atoms with E-state index in [2.05, 4.69) is 41.4 Å². The topological polar surface area (TPSA) is 88.1 Å². The molecule has 1 N–H and O–H groups in total. The third-order valence-electron chi connectivity index (χ3n) is 6.68. The summed E-state index contributed by atoms with van der Waals surface area (Å²) in [5.74, 6) is 0.481. The number of nitrogens with zero attached hydrogens (tertiary/aromatic N) is 2. The predicted octanol–water partition coefficient (Wildman–Crippen LogP) is 4.74. The highest BCUT2D eigenvalue weighted by molar-refractivity contribution is 7.90. The summed E-state index contributed by atoms with van der Waals surface area (Å²) in [6.45, 7) is 4.98. The first-order valence-electron chi connectivity index (χ1n) is 12.0. The van der Waals surface area contributed by atoms with Crippen molar-refractivity contribution < 1.29 is 17.9 Å². The fourth-order valence-corrected chi connectivity index (χ4v) is 5.44. The molecular formula is C29H31N3O4S. The van der Waals surface area contributed by atoms with Gasteiger partial charge in [-0.2, -0.15) is 5.10 Å². The van der Waals surface area contributed by atoms with Crippen LogP contribution in [0.3, 0.4) is 0 Å². The van der Waals surface area contributed by atoms with Gasteiger partial charge in [0.15, 0.2) is 9.84 Å². The Morgan fingerprint density at radius 2 is 1.78 bits per heavy atom. The van der Waals surface area contributed by atoms with Gasteiger partial charge >= 0.3 is 0 Å². The lowest BCUT2D eigenvalue weighted by Gasteiger charge is -2.30. The van der Waals surface area contributed by atoms with Gasteiger partial charge in [0.2, 0.25) is 0 Å². The van der Waals surface area contributed by atoms with Crippen LogP contribution >= 0.6 is 0 Å². The fourth-order valence-electron chi connectivity index (χ4n) is 4.81. The first kappa shape index (κ1) is 26.2. The number of hydrogen-bond acceptors (Lipinski definition) is 6. The van der Waals surface area contributed by atoms with Gasteiger partial charge in [-0.25, -0.2) is 13.8 Å². The van der Waals surface area contributed by atoms with Crippen molar-refractivity contribution in [2.24, 2.45) is 5.10 Å². The molecule has 1 atom stereocenters. The van der Waals surface area contributed by atoms with Crippen molar-refractivity contribution in [1.29, 1.82) is 0 Å². The molecule has 0 saturated carbocycles. The molecule has 0 radical (unpaired) electrons. The van der Waals surface area contributed by atoms with Gasteiger partial charge in [-0.1, -0.05) is 30.3 Å². The monoisotopic (exact) mass is 517 g/mol. The van der Waals surface area contributed by atoms with Crippen LogP contribution in [0, 0.1) is 0 Å². The third-order valence-corrected chi connectivity index (χ3v) is 7.81. The quantitative estimate of drug-likeness (QED) is 0.345. The summed E-state index contributed by atoms with van der Waals surface area (Å²) >= 11 is 0. The summed E-state index contributed by atoms with van der Waals surface area (Å²) in [5.41, 5.74) is 6.86. The highest BCUT2D eigenvalue weighted by Crippen LogP contribution is 2.50. The van der Waals surface area contributed by atoms with Crippen LogP contribution in [0.4, 0.5) is 5.69 Å². The number of amides is 1. The number of nitrogens with one attached hydrogen (secondary N) is 1. The van der Waals surface area contributed by atoms with Crippen molar-refractivity contribution >= 4 is 27.6 Å². The number of benzene rings is 3. The third kappa shape index (κ3) is 5.44. The Kier molecular flexibility index (Phi) is 7.50. The lowest BCUT2D eigenvalue weighted by molar-refractivity contribution is 0.0955. The highest BCUT2D eigenvalue weighted by Gasteiger charge is 2.43. The molecule has 1 amide bonds. The normalized spacial score (nSPS) is 18.3. The van der Waals surface area contributed by atoms with Crippen LogP contribution in [-0.4, -0.2) is 40.4 Å². The van der Waals surface area contributed by atoms with Crippen molar-refractivity contribution in [3.05, 3.63) is 101 Å². The Hall–Kier alpha value is -3.91. The van der Waals surface area contributed by atoms with E-state index in [1.54, 1.807) is 49.7 Å². The molecule has 0 spiro atoms.